The molecule has 0 saturated carbocycles. The predicted molar refractivity (Wildman–Crippen MR) is 80.0 cm³/mol. The van der Waals surface area contributed by atoms with Crippen LogP contribution in [0.25, 0.3) is 11.1 Å². The molecule has 2 aromatic rings. The van der Waals surface area contributed by atoms with E-state index in [0.29, 0.717) is 11.3 Å². The molecule has 0 aliphatic carbocycles. The standard InChI is InChI=1S/C18H13FO3/c1-11(21)17-9-13(10-20)18-15(3-2-4-16(18)22-17)12-5-7-14(19)8-6-12/h2-10,13H,1H3. The highest BCUT2D eigenvalue weighted by molar-refractivity contribution is 5.94. The molecule has 0 radical (unpaired) electrons. The number of rotatable bonds is 3. The van der Waals surface area contributed by atoms with Gasteiger partial charge in [0.05, 0.1) is 5.92 Å². The molecule has 0 amide bonds. The summed E-state index contributed by atoms with van der Waals surface area (Å²) >= 11 is 0. The zero-order chi connectivity index (χ0) is 15.7. The van der Waals surface area contributed by atoms with Crippen molar-refractivity contribution in [1.82, 2.24) is 0 Å². The SMILES string of the molecule is CC(=O)C1=CC(C=O)c2c(cccc2-c2ccc(F)cc2)O1. The highest BCUT2D eigenvalue weighted by atomic mass is 19.1. The Morgan fingerprint density at radius 3 is 2.55 bits per heavy atom. The number of hydrogen-bond acceptors (Lipinski definition) is 3. The monoisotopic (exact) mass is 296 g/mol. The maximum Gasteiger partial charge on any atom is 0.194 e. The van der Waals surface area contributed by atoms with Crippen molar-refractivity contribution in [2.24, 2.45) is 0 Å². The van der Waals surface area contributed by atoms with Crippen LogP contribution in [0.2, 0.25) is 0 Å². The van der Waals surface area contributed by atoms with Crippen molar-refractivity contribution in [1.29, 1.82) is 0 Å². The van der Waals surface area contributed by atoms with Gasteiger partial charge in [0, 0.05) is 12.5 Å². The molecule has 1 unspecified atom stereocenters. The molecular formula is C18H13FO3. The molecule has 3 rings (SSSR count). The minimum absolute atomic E-state index is 0.167. The van der Waals surface area contributed by atoms with Crippen molar-refractivity contribution in [3.63, 3.8) is 0 Å². The number of Topliss-reactive ketones (excluding diaryl/α,β-unsaturated/α-hetero) is 1. The Balaban J connectivity index is 2.16. The van der Waals surface area contributed by atoms with E-state index < -0.39 is 5.92 Å². The Kier molecular flexibility index (Phi) is 3.59. The molecule has 0 spiro atoms. The van der Waals surface area contributed by atoms with Crippen LogP contribution in [0.1, 0.15) is 18.4 Å². The van der Waals surface area contributed by atoms with Crippen LogP contribution in [-0.2, 0) is 9.59 Å². The van der Waals surface area contributed by atoms with E-state index in [9.17, 15) is 14.0 Å². The van der Waals surface area contributed by atoms with Gasteiger partial charge in [-0.05, 0) is 35.4 Å². The number of carbonyl (C=O) groups excluding carboxylic acids is 2. The fourth-order valence-corrected chi connectivity index (χ4v) is 2.55. The van der Waals surface area contributed by atoms with Crippen LogP contribution in [0.4, 0.5) is 4.39 Å². The minimum atomic E-state index is -0.566. The fourth-order valence-electron chi connectivity index (χ4n) is 2.55. The van der Waals surface area contributed by atoms with Crippen LogP contribution in [0.3, 0.4) is 0 Å². The number of ketones is 1. The second kappa shape index (κ2) is 5.56. The maximum atomic E-state index is 13.1. The van der Waals surface area contributed by atoms with Gasteiger partial charge in [0.1, 0.15) is 17.9 Å². The second-order valence-electron chi connectivity index (χ2n) is 5.08. The van der Waals surface area contributed by atoms with Gasteiger partial charge < -0.3 is 9.53 Å². The maximum absolute atomic E-state index is 13.1. The number of carbonyl (C=O) groups is 2. The van der Waals surface area contributed by atoms with Gasteiger partial charge in [-0.3, -0.25) is 4.79 Å². The van der Waals surface area contributed by atoms with Crippen LogP contribution in [0.15, 0.2) is 54.3 Å². The average molecular weight is 296 g/mol. The number of aldehydes is 1. The largest absolute Gasteiger partial charge is 0.454 e. The zero-order valence-electron chi connectivity index (χ0n) is 11.9. The quantitative estimate of drug-likeness (QED) is 0.812. The van der Waals surface area contributed by atoms with E-state index in [0.717, 1.165) is 17.4 Å². The van der Waals surface area contributed by atoms with Crippen LogP contribution < -0.4 is 4.74 Å². The molecule has 1 atom stereocenters. The Bertz CT molecular complexity index is 775. The lowest BCUT2D eigenvalue weighted by Gasteiger charge is -2.23. The predicted octanol–water partition coefficient (Wildman–Crippen LogP) is 3.64. The van der Waals surface area contributed by atoms with Gasteiger partial charge in [-0.15, -0.1) is 0 Å². The number of allylic oxidation sites excluding steroid dienone is 2. The first-order valence-electron chi connectivity index (χ1n) is 6.85. The van der Waals surface area contributed by atoms with Gasteiger partial charge in [0.25, 0.3) is 0 Å². The molecule has 110 valence electrons. The first-order chi connectivity index (χ1) is 10.6. The summed E-state index contributed by atoms with van der Waals surface area (Å²) in [5.41, 5.74) is 2.26. The van der Waals surface area contributed by atoms with Crippen molar-refractivity contribution in [3.8, 4) is 16.9 Å². The van der Waals surface area contributed by atoms with E-state index in [2.05, 4.69) is 0 Å². The fraction of sp³-hybridized carbons (Fsp3) is 0.111. The van der Waals surface area contributed by atoms with E-state index in [4.69, 9.17) is 4.74 Å². The van der Waals surface area contributed by atoms with Crippen LogP contribution >= 0.6 is 0 Å². The van der Waals surface area contributed by atoms with Gasteiger partial charge in [-0.25, -0.2) is 4.39 Å². The molecule has 1 heterocycles. The molecule has 1 aliphatic heterocycles. The molecule has 0 fully saturated rings. The average Bonchev–Trinajstić information content (AvgIpc) is 2.53. The molecule has 2 aromatic carbocycles. The van der Waals surface area contributed by atoms with E-state index >= 15 is 0 Å². The number of fused-ring (bicyclic) bond motifs is 1. The third-order valence-electron chi connectivity index (χ3n) is 3.60. The molecule has 0 bridgehead atoms. The van der Waals surface area contributed by atoms with Crippen molar-refractivity contribution in [2.45, 2.75) is 12.8 Å². The normalized spacial score (nSPS) is 16.3. The summed E-state index contributed by atoms with van der Waals surface area (Å²) in [4.78, 5) is 23.0. The molecule has 4 heteroatoms. The van der Waals surface area contributed by atoms with Crippen molar-refractivity contribution < 1.29 is 18.7 Å². The molecular weight excluding hydrogens is 283 g/mol. The number of halogens is 1. The molecule has 22 heavy (non-hydrogen) atoms. The Morgan fingerprint density at radius 2 is 1.91 bits per heavy atom. The van der Waals surface area contributed by atoms with Gasteiger partial charge >= 0.3 is 0 Å². The molecule has 0 N–H and O–H groups in total. The van der Waals surface area contributed by atoms with Gasteiger partial charge in [0.2, 0.25) is 0 Å². The minimum Gasteiger partial charge on any atom is -0.454 e. The molecule has 3 nitrogen and oxygen atoms in total. The summed E-state index contributed by atoms with van der Waals surface area (Å²) < 4.78 is 18.7. The summed E-state index contributed by atoms with van der Waals surface area (Å²) in [5.74, 6) is -0.475. The van der Waals surface area contributed by atoms with Crippen LogP contribution in [0.5, 0.6) is 5.75 Å². The Hall–Kier alpha value is -2.75. The lowest BCUT2D eigenvalue weighted by atomic mass is 9.88. The van der Waals surface area contributed by atoms with Gasteiger partial charge in [-0.1, -0.05) is 24.3 Å². The van der Waals surface area contributed by atoms with Gasteiger partial charge in [0.15, 0.2) is 11.5 Å². The lowest BCUT2D eigenvalue weighted by Crippen LogP contribution is -2.16. The number of ether oxygens (including phenoxy) is 1. The zero-order valence-corrected chi connectivity index (χ0v) is 11.9. The van der Waals surface area contributed by atoms with Crippen molar-refractivity contribution in [2.75, 3.05) is 0 Å². The highest BCUT2D eigenvalue weighted by Crippen LogP contribution is 2.40. The first-order valence-corrected chi connectivity index (χ1v) is 6.85. The van der Waals surface area contributed by atoms with E-state index in [1.807, 2.05) is 6.07 Å². The topological polar surface area (TPSA) is 43.4 Å². The smallest absolute Gasteiger partial charge is 0.194 e. The summed E-state index contributed by atoms with van der Waals surface area (Å²) in [6.07, 6.45) is 2.29. The Morgan fingerprint density at radius 1 is 1.18 bits per heavy atom. The van der Waals surface area contributed by atoms with Gasteiger partial charge in [-0.2, -0.15) is 0 Å². The highest BCUT2D eigenvalue weighted by Gasteiger charge is 2.26. The molecule has 1 aliphatic rings. The second-order valence-corrected chi connectivity index (χ2v) is 5.08. The summed E-state index contributed by atoms with van der Waals surface area (Å²) in [6, 6.07) is 11.4. The van der Waals surface area contributed by atoms with Crippen molar-refractivity contribution in [3.05, 3.63) is 65.7 Å². The van der Waals surface area contributed by atoms with Crippen LogP contribution in [-0.4, -0.2) is 12.1 Å². The lowest BCUT2D eigenvalue weighted by molar-refractivity contribution is -0.115. The third-order valence-corrected chi connectivity index (χ3v) is 3.60. The summed E-state index contributed by atoms with van der Waals surface area (Å²) in [6.45, 7) is 1.39. The third kappa shape index (κ3) is 2.44. The van der Waals surface area contributed by atoms with Crippen molar-refractivity contribution >= 4 is 12.1 Å². The molecule has 0 saturated heterocycles. The summed E-state index contributed by atoms with van der Waals surface area (Å²) in [7, 11) is 0. The van der Waals surface area contributed by atoms with E-state index in [1.54, 1.807) is 24.3 Å². The molecule has 0 aromatic heterocycles. The number of hydrogen-bond donors (Lipinski definition) is 0. The summed E-state index contributed by atoms with van der Waals surface area (Å²) in [5, 5.41) is 0. The number of benzene rings is 2. The van der Waals surface area contributed by atoms with Crippen LogP contribution in [0, 0.1) is 5.82 Å². The first kappa shape index (κ1) is 14.2. The Labute approximate surface area is 127 Å². The van der Waals surface area contributed by atoms with E-state index in [1.165, 1.54) is 25.1 Å². The van der Waals surface area contributed by atoms with E-state index in [-0.39, 0.29) is 17.4 Å².